The highest BCUT2D eigenvalue weighted by molar-refractivity contribution is 9.10. The summed E-state index contributed by atoms with van der Waals surface area (Å²) in [6.45, 7) is 1.55. The third-order valence-corrected chi connectivity index (χ3v) is 4.19. The van der Waals surface area contributed by atoms with Gasteiger partial charge < -0.3 is 14.2 Å². The minimum atomic E-state index is -4.63. The standard InChI is InChI=1S/C18H16BrF3O4/c1-3-11-7-8-16(14(19)9-11)25-10-12-13(18(20,21)22)5-4-6-15(12)26-17(23)24-2/h4-9H,3,10H2,1-2H3. The van der Waals surface area contributed by atoms with Crippen molar-refractivity contribution in [1.29, 1.82) is 0 Å². The van der Waals surface area contributed by atoms with Gasteiger partial charge in [-0.25, -0.2) is 4.79 Å². The normalized spacial score (nSPS) is 11.2. The third-order valence-electron chi connectivity index (χ3n) is 3.57. The average Bonchev–Trinajstić information content (AvgIpc) is 2.60. The van der Waals surface area contributed by atoms with Gasteiger partial charge in [0.15, 0.2) is 0 Å². The van der Waals surface area contributed by atoms with Crippen molar-refractivity contribution in [2.45, 2.75) is 26.1 Å². The van der Waals surface area contributed by atoms with Crippen LogP contribution in [-0.2, 0) is 23.9 Å². The van der Waals surface area contributed by atoms with Crippen molar-refractivity contribution < 1.29 is 32.2 Å². The van der Waals surface area contributed by atoms with Crippen LogP contribution in [0.1, 0.15) is 23.6 Å². The fourth-order valence-corrected chi connectivity index (χ4v) is 2.78. The number of rotatable bonds is 5. The Balaban J connectivity index is 2.35. The zero-order valence-corrected chi connectivity index (χ0v) is 15.6. The van der Waals surface area contributed by atoms with E-state index in [1.54, 1.807) is 6.07 Å². The summed E-state index contributed by atoms with van der Waals surface area (Å²) in [5, 5.41) is 0. The van der Waals surface area contributed by atoms with Gasteiger partial charge in [0, 0.05) is 5.56 Å². The Morgan fingerprint density at radius 2 is 1.88 bits per heavy atom. The van der Waals surface area contributed by atoms with Crippen molar-refractivity contribution in [3.05, 3.63) is 57.6 Å². The lowest BCUT2D eigenvalue weighted by Gasteiger charge is -2.17. The molecule has 0 bridgehead atoms. The van der Waals surface area contributed by atoms with Crippen LogP contribution in [-0.4, -0.2) is 13.3 Å². The monoisotopic (exact) mass is 432 g/mol. The molecule has 0 N–H and O–H groups in total. The van der Waals surface area contributed by atoms with Crippen molar-refractivity contribution >= 4 is 22.1 Å². The van der Waals surface area contributed by atoms with Gasteiger partial charge in [-0.05, 0) is 52.2 Å². The van der Waals surface area contributed by atoms with Gasteiger partial charge in [-0.2, -0.15) is 13.2 Å². The summed E-state index contributed by atoms with van der Waals surface area (Å²) >= 11 is 3.34. The topological polar surface area (TPSA) is 44.8 Å². The van der Waals surface area contributed by atoms with Gasteiger partial charge >= 0.3 is 12.3 Å². The van der Waals surface area contributed by atoms with E-state index in [9.17, 15) is 18.0 Å². The van der Waals surface area contributed by atoms with Gasteiger partial charge in [0.1, 0.15) is 18.1 Å². The molecule has 0 unspecified atom stereocenters. The van der Waals surface area contributed by atoms with Crippen LogP contribution in [0.2, 0.25) is 0 Å². The molecule has 0 radical (unpaired) electrons. The first-order valence-electron chi connectivity index (χ1n) is 7.62. The molecule has 4 nitrogen and oxygen atoms in total. The SMILES string of the molecule is CCc1ccc(OCc2c(OC(=O)OC)cccc2C(F)(F)F)c(Br)c1. The molecule has 2 aromatic rings. The average molecular weight is 433 g/mol. The van der Waals surface area contributed by atoms with Crippen LogP contribution < -0.4 is 9.47 Å². The maximum atomic E-state index is 13.3. The van der Waals surface area contributed by atoms with Crippen LogP contribution in [0, 0.1) is 0 Å². The molecule has 0 aliphatic heterocycles. The quantitative estimate of drug-likeness (QED) is 0.445. The van der Waals surface area contributed by atoms with E-state index in [1.807, 2.05) is 19.1 Å². The molecule has 0 saturated heterocycles. The van der Waals surface area contributed by atoms with Crippen molar-refractivity contribution in [1.82, 2.24) is 0 Å². The minimum Gasteiger partial charge on any atom is -0.488 e. The second-order valence-electron chi connectivity index (χ2n) is 5.24. The molecule has 2 aromatic carbocycles. The summed E-state index contributed by atoms with van der Waals surface area (Å²) in [6, 6.07) is 8.62. The zero-order chi connectivity index (χ0) is 19.3. The summed E-state index contributed by atoms with van der Waals surface area (Å²) in [5.74, 6) is 0.108. The Morgan fingerprint density at radius 1 is 1.15 bits per heavy atom. The number of alkyl halides is 3. The summed E-state index contributed by atoms with van der Waals surface area (Å²) in [7, 11) is 1.07. The number of benzene rings is 2. The van der Waals surface area contributed by atoms with Crippen LogP contribution in [0.4, 0.5) is 18.0 Å². The third kappa shape index (κ3) is 4.91. The minimum absolute atomic E-state index is 0.270. The first-order valence-corrected chi connectivity index (χ1v) is 8.41. The summed E-state index contributed by atoms with van der Waals surface area (Å²) in [6.07, 6.45) is -4.93. The predicted octanol–water partition coefficient (Wildman–Crippen LogP) is 5.75. The molecule has 140 valence electrons. The van der Waals surface area contributed by atoms with Crippen molar-refractivity contribution in [3.63, 3.8) is 0 Å². The van der Waals surface area contributed by atoms with E-state index < -0.39 is 24.5 Å². The molecular formula is C18H16BrF3O4. The Bertz CT molecular complexity index is 790. The van der Waals surface area contributed by atoms with E-state index >= 15 is 0 Å². The molecule has 0 heterocycles. The van der Waals surface area contributed by atoms with Gasteiger partial charge in [-0.15, -0.1) is 0 Å². The number of methoxy groups -OCH3 is 1. The second kappa shape index (κ2) is 8.44. The fourth-order valence-electron chi connectivity index (χ4n) is 2.24. The molecule has 0 aromatic heterocycles. The summed E-state index contributed by atoms with van der Waals surface area (Å²) < 4.78 is 55.3. The molecule has 0 atom stereocenters. The number of carbonyl (C=O) groups excluding carboxylic acids is 1. The zero-order valence-electron chi connectivity index (χ0n) is 14.0. The molecule has 0 saturated carbocycles. The Labute approximate surface area is 157 Å². The predicted molar refractivity (Wildman–Crippen MR) is 92.3 cm³/mol. The lowest BCUT2D eigenvalue weighted by Crippen LogP contribution is -2.15. The molecule has 2 rings (SSSR count). The number of halogens is 4. The summed E-state index contributed by atoms with van der Waals surface area (Å²) in [5.41, 5.74) is -0.188. The van der Waals surface area contributed by atoms with Crippen LogP contribution in [0.25, 0.3) is 0 Å². The van der Waals surface area contributed by atoms with Crippen LogP contribution in [0.3, 0.4) is 0 Å². The van der Waals surface area contributed by atoms with Crippen molar-refractivity contribution in [3.8, 4) is 11.5 Å². The molecule has 0 aliphatic rings. The van der Waals surface area contributed by atoms with Crippen LogP contribution >= 0.6 is 15.9 Å². The number of aryl methyl sites for hydroxylation is 1. The molecule has 0 spiro atoms. The first-order chi connectivity index (χ1) is 12.3. The van der Waals surface area contributed by atoms with E-state index in [-0.39, 0.29) is 11.3 Å². The molecule has 26 heavy (non-hydrogen) atoms. The Morgan fingerprint density at radius 3 is 2.46 bits per heavy atom. The molecule has 0 amide bonds. The van der Waals surface area contributed by atoms with E-state index in [0.717, 1.165) is 31.2 Å². The largest absolute Gasteiger partial charge is 0.513 e. The van der Waals surface area contributed by atoms with Crippen molar-refractivity contribution in [2.24, 2.45) is 0 Å². The maximum Gasteiger partial charge on any atom is 0.513 e. The number of carbonyl (C=O) groups is 1. The van der Waals surface area contributed by atoms with E-state index in [1.165, 1.54) is 6.07 Å². The van der Waals surface area contributed by atoms with Crippen LogP contribution in [0.15, 0.2) is 40.9 Å². The van der Waals surface area contributed by atoms with E-state index in [4.69, 9.17) is 9.47 Å². The maximum absolute atomic E-state index is 13.3. The van der Waals surface area contributed by atoms with E-state index in [2.05, 4.69) is 20.7 Å². The molecular weight excluding hydrogens is 417 g/mol. The van der Waals surface area contributed by atoms with Gasteiger partial charge in [0.2, 0.25) is 0 Å². The highest BCUT2D eigenvalue weighted by Crippen LogP contribution is 2.37. The highest BCUT2D eigenvalue weighted by atomic mass is 79.9. The van der Waals surface area contributed by atoms with Crippen LogP contribution in [0.5, 0.6) is 11.5 Å². The van der Waals surface area contributed by atoms with Gasteiger partial charge in [-0.3, -0.25) is 0 Å². The fraction of sp³-hybridized carbons (Fsp3) is 0.278. The number of hydrogen-bond donors (Lipinski definition) is 0. The van der Waals surface area contributed by atoms with Crippen molar-refractivity contribution in [2.75, 3.05) is 7.11 Å². The second-order valence-corrected chi connectivity index (χ2v) is 6.10. The smallest absolute Gasteiger partial charge is 0.488 e. The van der Waals surface area contributed by atoms with Gasteiger partial charge in [-0.1, -0.05) is 19.1 Å². The van der Waals surface area contributed by atoms with E-state index in [0.29, 0.717) is 10.2 Å². The Kier molecular flexibility index (Phi) is 6.52. The lowest BCUT2D eigenvalue weighted by atomic mass is 10.1. The molecule has 8 heteroatoms. The summed E-state index contributed by atoms with van der Waals surface area (Å²) in [4.78, 5) is 11.3. The molecule has 0 aliphatic carbocycles. The first kappa shape index (κ1) is 20.1. The molecule has 0 fully saturated rings. The number of ether oxygens (including phenoxy) is 3. The van der Waals surface area contributed by atoms with Gasteiger partial charge in [0.25, 0.3) is 0 Å². The van der Waals surface area contributed by atoms with Gasteiger partial charge in [0.05, 0.1) is 17.1 Å². The number of hydrogen-bond acceptors (Lipinski definition) is 4. The highest BCUT2D eigenvalue weighted by Gasteiger charge is 2.35. The Hall–Kier alpha value is -2.22. The lowest BCUT2D eigenvalue weighted by molar-refractivity contribution is -0.138.